The Morgan fingerprint density at radius 2 is 2.06 bits per heavy atom. The summed E-state index contributed by atoms with van der Waals surface area (Å²) in [6, 6.07) is 9.42. The van der Waals surface area contributed by atoms with Crippen LogP contribution in [0.2, 0.25) is 5.02 Å². The lowest BCUT2D eigenvalue weighted by atomic mass is 10.1. The third-order valence-electron chi connectivity index (χ3n) is 6.37. The van der Waals surface area contributed by atoms with Gasteiger partial charge in [0.25, 0.3) is 5.91 Å². The summed E-state index contributed by atoms with van der Waals surface area (Å²) in [4.78, 5) is 15.7. The van der Waals surface area contributed by atoms with Crippen molar-refractivity contribution in [2.75, 3.05) is 11.5 Å². The zero-order valence-electron chi connectivity index (χ0n) is 17.4. The fraction of sp³-hybridized carbons (Fsp3) is 0.435. The molecule has 5 rings (SSSR count). The first-order valence-electron chi connectivity index (χ1n) is 10.5. The van der Waals surface area contributed by atoms with Crippen molar-refractivity contribution in [3.63, 3.8) is 0 Å². The van der Waals surface area contributed by atoms with Crippen LogP contribution in [0, 0.1) is 12.8 Å². The number of carbonyl (C=O) groups excluding carboxylic acids is 1. The lowest BCUT2D eigenvalue weighted by Gasteiger charge is -2.27. The molecule has 0 bridgehead atoms. The molecular weight excluding hydrogens is 454 g/mol. The van der Waals surface area contributed by atoms with Crippen LogP contribution in [0.5, 0.6) is 0 Å². The number of hydrogen-bond acceptors (Lipinski definition) is 5. The highest BCUT2D eigenvalue weighted by molar-refractivity contribution is 7.91. The Labute approximate surface area is 190 Å². The molecule has 31 heavy (non-hydrogen) atoms. The van der Waals surface area contributed by atoms with E-state index in [4.69, 9.17) is 16.0 Å². The lowest BCUT2D eigenvalue weighted by Crippen LogP contribution is -2.40. The van der Waals surface area contributed by atoms with E-state index in [1.165, 1.54) is 11.3 Å². The highest BCUT2D eigenvalue weighted by Crippen LogP contribution is 2.47. The predicted octanol–water partition coefficient (Wildman–Crippen LogP) is 5.41. The van der Waals surface area contributed by atoms with Gasteiger partial charge in [-0.25, -0.2) is 8.42 Å². The minimum absolute atomic E-state index is 0.0203. The second kappa shape index (κ2) is 7.64. The number of furan rings is 1. The molecule has 1 saturated carbocycles. The molecule has 1 aromatic carbocycles. The summed E-state index contributed by atoms with van der Waals surface area (Å²) in [6.45, 7) is 4.43. The number of aryl methyl sites for hydroxylation is 1. The van der Waals surface area contributed by atoms with Crippen molar-refractivity contribution in [3.8, 4) is 0 Å². The first-order valence-corrected chi connectivity index (χ1v) is 13.5. The summed E-state index contributed by atoms with van der Waals surface area (Å²) in [6.07, 6.45) is 1.55. The maximum Gasteiger partial charge on any atom is 0.266 e. The Morgan fingerprint density at radius 1 is 1.29 bits per heavy atom. The molecule has 3 unspecified atom stereocenters. The average Bonchev–Trinajstić information content (AvgIpc) is 3.05. The van der Waals surface area contributed by atoms with Crippen molar-refractivity contribution in [3.05, 3.63) is 57.3 Å². The van der Waals surface area contributed by atoms with Crippen LogP contribution in [-0.4, -0.2) is 36.8 Å². The first-order chi connectivity index (χ1) is 14.7. The number of fused-ring (bicyclic) bond motifs is 1. The van der Waals surface area contributed by atoms with Gasteiger partial charge in [-0.15, -0.1) is 11.3 Å². The molecule has 2 aliphatic rings. The van der Waals surface area contributed by atoms with Crippen LogP contribution in [0.4, 0.5) is 0 Å². The molecule has 2 fully saturated rings. The van der Waals surface area contributed by atoms with Gasteiger partial charge in [0.1, 0.15) is 16.4 Å². The molecule has 0 N–H and O–H groups in total. The number of rotatable bonds is 5. The van der Waals surface area contributed by atoms with E-state index < -0.39 is 9.84 Å². The summed E-state index contributed by atoms with van der Waals surface area (Å²) in [7, 11) is -3.15. The molecule has 1 saturated heterocycles. The zero-order valence-corrected chi connectivity index (χ0v) is 19.8. The molecular formula is C23H24ClNO4S2. The number of benzene rings is 1. The van der Waals surface area contributed by atoms with Crippen molar-refractivity contribution in [1.29, 1.82) is 0 Å². The molecule has 1 aliphatic heterocycles. The van der Waals surface area contributed by atoms with Crippen LogP contribution in [0.25, 0.3) is 10.1 Å². The fourth-order valence-electron chi connectivity index (χ4n) is 4.39. The van der Waals surface area contributed by atoms with Crippen molar-refractivity contribution < 1.29 is 17.6 Å². The van der Waals surface area contributed by atoms with Crippen molar-refractivity contribution in [2.45, 2.75) is 45.2 Å². The first kappa shape index (κ1) is 21.0. The van der Waals surface area contributed by atoms with E-state index in [9.17, 15) is 13.2 Å². The summed E-state index contributed by atoms with van der Waals surface area (Å²) in [5, 5.41) is 1.28. The predicted molar refractivity (Wildman–Crippen MR) is 124 cm³/mol. The van der Waals surface area contributed by atoms with E-state index in [1.54, 1.807) is 4.90 Å². The third-order valence-corrected chi connectivity index (χ3v) is 9.77. The average molecular weight is 478 g/mol. The number of hydrogen-bond donors (Lipinski definition) is 0. The van der Waals surface area contributed by atoms with Gasteiger partial charge in [-0.05, 0) is 49.4 Å². The van der Waals surface area contributed by atoms with E-state index in [1.807, 2.05) is 37.3 Å². The third kappa shape index (κ3) is 4.03. The molecule has 8 heteroatoms. The zero-order chi connectivity index (χ0) is 21.9. The largest absolute Gasteiger partial charge is 0.464 e. The van der Waals surface area contributed by atoms with Crippen molar-refractivity contribution in [1.82, 2.24) is 4.90 Å². The van der Waals surface area contributed by atoms with E-state index in [-0.39, 0.29) is 30.0 Å². The van der Waals surface area contributed by atoms with Gasteiger partial charge in [0.15, 0.2) is 9.84 Å². The summed E-state index contributed by atoms with van der Waals surface area (Å²) >= 11 is 7.97. The number of halogens is 1. The number of carbonyl (C=O) groups is 1. The summed E-state index contributed by atoms with van der Waals surface area (Å²) in [5.41, 5.74) is 1.10. The van der Waals surface area contributed by atoms with Crippen LogP contribution < -0.4 is 0 Å². The van der Waals surface area contributed by atoms with Crippen LogP contribution in [0.3, 0.4) is 0 Å². The summed E-state index contributed by atoms with van der Waals surface area (Å²) < 4.78 is 31.3. The van der Waals surface area contributed by atoms with Gasteiger partial charge in [0.2, 0.25) is 0 Å². The van der Waals surface area contributed by atoms with E-state index in [0.29, 0.717) is 33.9 Å². The van der Waals surface area contributed by atoms with Crippen LogP contribution in [0.15, 0.2) is 34.7 Å². The molecule has 3 atom stereocenters. The Morgan fingerprint density at radius 3 is 2.74 bits per heavy atom. The van der Waals surface area contributed by atoms with Gasteiger partial charge in [0.05, 0.1) is 23.1 Å². The molecule has 5 nitrogen and oxygen atoms in total. The van der Waals surface area contributed by atoms with Crippen LogP contribution in [-0.2, 0) is 16.4 Å². The smallest absolute Gasteiger partial charge is 0.266 e. The molecule has 0 spiro atoms. The molecule has 1 aliphatic carbocycles. The Bertz CT molecular complexity index is 1280. The quantitative estimate of drug-likeness (QED) is 0.492. The molecule has 1 amide bonds. The van der Waals surface area contributed by atoms with Gasteiger partial charge in [0, 0.05) is 22.0 Å². The number of sulfone groups is 1. The fourth-order valence-corrected chi connectivity index (χ4v) is 7.69. The SMILES string of the molecule is Cc1ccc2c(Cl)c(C(=O)N(Cc3ccc(C4CC4C)o3)C3CCS(=O)(=O)C3)sc2c1. The van der Waals surface area contributed by atoms with Gasteiger partial charge < -0.3 is 9.32 Å². The maximum absolute atomic E-state index is 13.6. The van der Waals surface area contributed by atoms with E-state index in [0.717, 1.165) is 27.8 Å². The Kier molecular flexibility index (Phi) is 5.19. The molecule has 2 aromatic heterocycles. The van der Waals surface area contributed by atoms with Crippen LogP contribution >= 0.6 is 22.9 Å². The molecule has 3 heterocycles. The van der Waals surface area contributed by atoms with Crippen molar-refractivity contribution >= 4 is 48.8 Å². The molecule has 164 valence electrons. The van der Waals surface area contributed by atoms with Crippen LogP contribution in [0.1, 0.15) is 52.4 Å². The van der Waals surface area contributed by atoms with E-state index >= 15 is 0 Å². The normalized spacial score (nSPS) is 24.5. The standard InChI is InChI=1S/C23H24ClNO4S2/c1-13-3-5-17-20(9-13)30-22(21(17)24)23(26)25(15-7-8-31(27,28)12-15)11-16-4-6-19(29-16)18-10-14(18)2/h3-6,9,14-15,18H,7-8,10-12H2,1-2H3. The number of nitrogens with zero attached hydrogens (tertiary/aromatic N) is 1. The van der Waals surface area contributed by atoms with Gasteiger partial charge in [-0.1, -0.05) is 30.7 Å². The summed E-state index contributed by atoms with van der Waals surface area (Å²) in [5.74, 6) is 2.55. The highest BCUT2D eigenvalue weighted by atomic mass is 35.5. The van der Waals surface area contributed by atoms with E-state index in [2.05, 4.69) is 6.92 Å². The number of amides is 1. The van der Waals surface area contributed by atoms with Gasteiger partial charge >= 0.3 is 0 Å². The van der Waals surface area contributed by atoms with Gasteiger partial charge in [-0.3, -0.25) is 4.79 Å². The Hall–Kier alpha value is -1.83. The minimum atomic E-state index is -3.15. The minimum Gasteiger partial charge on any atom is -0.464 e. The maximum atomic E-state index is 13.6. The van der Waals surface area contributed by atoms with Gasteiger partial charge in [-0.2, -0.15) is 0 Å². The number of thiophene rings is 1. The second-order valence-electron chi connectivity index (χ2n) is 8.86. The van der Waals surface area contributed by atoms with Crippen molar-refractivity contribution in [2.24, 2.45) is 5.92 Å². The Balaban J connectivity index is 1.48. The molecule has 0 radical (unpaired) electrons. The monoisotopic (exact) mass is 477 g/mol. The lowest BCUT2D eigenvalue weighted by molar-refractivity contribution is 0.0670. The highest BCUT2D eigenvalue weighted by Gasteiger charge is 2.39. The molecule has 3 aromatic rings. The topological polar surface area (TPSA) is 67.6 Å². The second-order valence-corrected chi connectivity index (χ2v) is 12.5.